The maximum Gasteiger partial charge on any atom is 0.356 e. The van der Waals surface area contributed by atoms with Crippen LogP contribution in [0.15, 0.2) is 18.2 Å². The molecule has 0 saturated carbocycles. The van der Waals surface area contributed by atoms with Crippen LogP contribution in [0, 0.1) is 0 Å². The van der Waals surface area contributed by atoms with Gasteiger partial charge >= 0.3 is 5.97 Å². The number of rotatable bonds is 3. The number of methoxy groups -OCH3 is 1. The van der Waals surface area contributed by atoms with Gasteiger partial charge in [0.05, 0.1) is 25.0 Å². The Morgan fingerprint density at radius 3 is 2.72 bits per heavy atom. The van der Waals surface area contributed by atoms with Crippen molar-refractivity contribution in [2.24, 2.45) is 0 Å². The van der Waals surface area contributed by atoms with Crippen molar-refractivity contribution >= 4 is 5.97 Å². The van der Waals surface area contributed by atoms with E-state index in [0.29, 0.717) is 25.3 Å². The summed E-state index contributed by atoms with van der Waals surface area (Å²) in [4.78, 5) is 17.4. The van der Waals surface area contributed by atoms with E-state index in [9.17, 15) is 15.0 Å². The second-order valence-corrected chi connectivity index (χ2v) is 4.33. The van der Waals surface area contributed by atoms with Gasteiger partial charge in [-0.3, -0.25) is 4.90 Å². The second-order valence-electron chi connectivity index (χ2n) is 4.33. The Bertz CT molecular complexity index is 428. The quantitative estimate of drug-likeness (QED) is 0.699. The number of carbonyl (C=O) groups is 1. The fourth-order valence-corrected chi connectivity index (χ4v) is 1.99. The van der Waals surface area contributed by atoms with Crippen LogP contribution < -0.4 is 0 Å². The first-order chi connectivity index (χ1) is 8.60. The molecule has 0 spiro atoms. The summed E-state index contributed by atoms with van der Waals surface area (Å²) < 4.78 is 4.60. The van der Waals surface area contributed by atoms with Gasteiger partial charge in [0.2, 0.25) is 0 Å². The summed E-state index contributed by atoms with van der Waals surface area (Å²) in [6.07, 6.45) is -1.43. The van der Waals surface area contributed by atoms with Crippen molar-refractivity contribution in [3.63, 3.8) is 0 Å². The molecule has 0 bridgehead atoms. The molecular formula is C12H16N2O4. The minimum absolute atomic E-state index is 0.260. The van der Waals surface area contributed by atoms with E-state index in [1.165, 1.54) is 7.11 Å². The fraction of sp³-hybridized carbons (Fsp3) is 0.500. The highest BCUT2D eigenvalue weighted by Gasteiger charge is 2.29. The van der Waals surface area contributed by atoms with Crippen LogP contribution in [0.2, 0.25) is 0 Å². The fourth-order valence-electron chi connectivity index (χ4n) is 1.99. The maximum absolute atomic E-state index is 11.3. The monoisotopic (exact) mass is 252 g/mol. The van der Waals surface area contributed by atoms with E-state index in [2.05, 4.69) is 9.72 Å². The zero-order chi connectivity index (χ0) is 13.1. The van der Waals surface area contributed by atoms with Gasteiger partial charge in [0, 0.05) is 19.6 Å². The average molecular weight is 252 g/mol. The van der Waals surface area contributed by atoms with Crippen LogP contribution >= 0.6 is 0 Å². The Hall–Kier alpha value is -1.50. The number of esters is 1. The van der Waals surface area contributed by atoms with Crippen molar-refractivity contribution in [3.05, 3.63) is 29.6 Å². The second kappa shape index (κ2) is 5.43. The van der Waals surface area contributed by atoms with Crippen molar-refractivity contribution in [1.29, 1.82) is 0 Å². The van der Waals surface area contributed by atoms with Gasteiger partial charge in [-0.25, -0.2) is 9.78 Å². The lowest BCUT2D eigenvalue weighted by Crippen LogP contribution is -2.22. The molecule has 2 N–H and O–H groups in total. The topological polar surface area (TPSA) is 82.9 Å². The molecule has 1 aromatic heterocycles. The Morgan fingerprint density at radius 1 is 1.44 bits per heavy atom. The summed E-state index contributed by atoms with van der Waals surface area (Å²) in [6, 6.07) is 5.12. The van der Waals surface area contributed by atoms with Crippen LogP contribution in [0.25, 0.3) is 0 Å². The molecule has 0 radical (unpaired) electrons. The number of likely N-dealkylation sites (tertiary alicyclic amines) is 1. The van der Waals surface area contributed by atoms with Gasteiger partial charge in [0.15, 0.2) is 0 Å². The Kier molecular flexibility index (Phi) is 3.90. The zero-order valence-corrected chi connectivity index (χ0v) is 10.1. The third kappa shape index (κ3) is 2.84. The summed E-state index contributed by atoms with van der Waals surface area (Å²) in [5, 5.41) is 18.9. The Labute approximate surface area is 105 Å². The van der Waals surface area contributed by atoms with Crippen molar-refractivity contribution < 1.29 is 19.7 Å². The highest BCUT2D eigenvalue weighted by molar-refractivity contribution is 5.87. The molecule has 1 aliphatic rings. The summed E-state index contributed by atoms with van der Waals surface area (Å²) >= 11 is 0. The van der Waals surface area contributed by atoms with Gasteiger partial charge in [-0.05, 0) is 12.1 Å². The Morgan fingerprint density at radius 2 is 2.11 bits per heavy atom. The maximum atomic E-state index is 11.3. The summed E-state index contributed by atoms with van der Waals surface area (Å²) in [7, 11) is 1.31. The van der Waals surface area contributed by atoms with E-state index in [1.807, 2.05) is 4.90 Å². The van der Waals surface area contributed by atoms with E-state index < -0.39 is 18.2 Å². The number of carbonyl (C=O) groups excluding carboxylic acids is 1. The molecule has 0 aliphatic carbocycles. The van der Waals surface area contributed by atoms with E-state index in [4.69, 9.17) is 0 Å². The van der Waals surface area contributed by atoms with Gasteiger partial charge < -0.3 is 14.9 Å². The van der Waals surface area contributed by atoms with Crippen molar-refractivity contribution in [2.75, 3.05) is 20.2 Å². The summed E-state index contributed by atoms with van der Waals surface area (Å²) in [5.74, 6) is -0.474. The first-order valence-electron chi connectivity index (χ1n) is 5.73. The summed E-state index contributed by atoms with van der Waals surface area (Å²) in [6.45, 7) is 1.30. The van der Waals surface area contributed by atoms with E-state index in [0.717, 1.165) is 0 Å². The van der Waals surface area contributed by atoms with E-state index in [1.54, 1.807) is 18.2 Å². The normalized spacial score (nSPS) is 24.2. The highest BCUT2D eigenvalue weighted by Crippen LogP contribution is 2.13. The SMILES string of the molecule is COC(=O)c1cccc(CN2C[C@@H](O)[C@@H](O)C2)n1. The largest absolute Gasteiger partial charge is 0.464 e. The Balaban J connectivity index is 2.04. The molecule has 1 aromatic rings. The van der Waals surface area contributed by atoms with Crippen molar-refractivity contribution in [1.82, 2.24) is 9.88 Å². The molecule has 1 fully saturated rings. The van der Waals surface area contributed by atoms with Gasteiger partial charge in [-0.15, -0.1) is 0 Å². The first kappa shape index (κ1) is 12.9. The number of aromatic nitrogens is 1. The predicted molar refractivity (Wildman–Crippen MR) is 62.9 cm³/mol. The lowest BCUT2D eigenvalue weighted by atomic mass is 10.3. The van der Waals surface area contributed by atoms with Crippen LogP contribution in [0.1, 0.15) is 16.2 Å². The van der Waals surface area contributed by atoms with Gasteiger partial charge in [0.1, 0.15) is 5.69 Å². The van der Waals surface area contributed by atoms with Crippen LogP contribution in [0.5, 0.6) is 0 Å². The number of hydrogen-bond donors (Lipinski definition) is 2. The number of pyridine rings is 1. The number of aliphatic hydroxyl groups is 2. The average Bonchev–Trinajstić information content (AvgIpc) is 2.67. The molecule has 0 unspecified atom stereocenters. The minimum atomic E-state index is -0.714. The van der Waals surface area contributed by atoms with Crippen molar-refractivity contribution in [2.45, 2.75) is 18.8 Å². The molecule has 2 atom stereocenters. The van der Waals surface area contributed by atoms with Gasteiger partial charge in [-0.2, -0.15) is 0 Å². The molecule has 6 heteroatoms. The molecule has 1 aliphatic heterocycles. The zero-order valence-electron chi connectivity index (χ0n) is 10.1. The van der Waals surface area contributed by atoms with Crippen LogP contribution in [-0.4, -0.2) is 58.5 Å². The predicted octanol–water partition coefficient (Wildman–Crippen LogP) is -0.594. The molecule has 18 heavy (non-hydrogen) atoms. The van der Waals surface area contributed by atoms with Gasteiger partial charge in [0.25, 0.3) is 0 Å². The minimum Gasteiger partial charge on any atom is -0.464 e. The van der Waals surface area contributed by atoms with E-state index >= 15 is 0 Å². The number of nitrogens with zero attached hydrogens (tertiary/aromatic N) is 2. The summed E-state index contributed by atoms with van der Waals surface area (Å²) in [5.41, 5.74) is 0.967. The standard InChI is InChI=1S/C12H16N2O4/c1-18-12(17)9-4-2-3-8(13-9)5-14-6-10(15)11(16)7-14/h2-4,10-11,15-16H,5-7H2,1H3/t10-,11+. The van der Waals surface area contributed by atoms with Crippen LogP contribution in [-0.2, 0) is 11.3 Å². The molecule has 2 rings (SSSR count). The molecule has 2 heterocycles. The number of aliphatic hydroxyl groups excluding tert-OH is 2. The third-order valence-electron chi connectivity index (χ3n) is 2.92. The van der Waals surface area contributed by atoms with Gasteiger partial charge in [-0.1, -0.05) is 6.07 Å². The lowest BCUT2D eigenvalue weighted by Gasteiger charge is -2.14. The molecule has 0 amide bonds. The number of ether oxygens (including phenoxy) is 1. The lowest BCUT2D eigenvalue weighted by molar-refractivity contribution is 0.0572. The molecule has 6 nitrogen and oxygen atoms in total. The van der Waals surface area contributed by atoms with Crippen LogP contribution in [0.4, 0.5) is 0 Å². The molecular weight excluding hydrogens is 236 g/mol. The molecule has 1 saturated heterocycles. The van der Waals surface area contributed by atoms with Crippen LogP contribution in [0.3, 0.4) is 0 Å². The highest BCUT2D eigenvalue weighted by atomic mass is 16.5. The number of β-amino-alcohol motifs (C(OH)–C–C–N with tert-alkyl or cyclic N) is 2. The molecule has 98 valence electrons. The van der Waals surface area contributed by atoms with E-state index in [-0.39, 0.29) is 5.69 Å². The smallest absolute Gasteiger partial charge is 0.356 e. The first-order valence-corrected chi connectivity index (χ1v) is 5.73. The molecule has 0 aromatic carbocycles. The van der Waals surface area contributed by atoms with Crippen molar-refractivity contribution in [3.8, 4) is 0 Å². The third-order valence-corrected chi connectivity index (χ3v) is 2.92. The number of hydrogen-bond acceptors (Lipinski definition) is 6.